The van der Waals surface area contributed by atoms with Gasteiger partial charge in [0.15, 0.2) is 5.96 Å². The van der Waals surface area contributed by atoms with Crippen molar-refractivity contribution in [3.63, 3.8) is 0 Å². The van der Waals surface area contributed by atoms with E-state index in [1.165, 1.54) is 17.7 Å². The van der Waals surface area contributed by atoms with Gasteiger partial charge in [-0.1, -0.05) is 36.4 Å². The van der Waals surface area contributed by atoms with Crippen LogP contribution in [-0.2, 0) is 6.42 Å². The highest BCUT2D eigenvalue weighted by molar-refractivity contribution is 14.0. The van der Waals surface area contributed by atoms with Gasteiger partial charge in [0.05, 0.1) is 6.54 Å². The van der Waals surface area contributed by atoms with E-state index in [0.29, 0.717) is 31.4 Å². The van der Waals surface area contributed by atoms with Gasteiger partial charge in [0.1, 0.15) is 18.2 Å². The van der Waals surface area contributed by atoms with Gasteiger partial charge in [-0.15, -0.1) is 24.0 Å². The first-order chi connectivity index (χ1) is 10.7. The zero-order chi connectivity index (χ0) is 15.6. The Kier molecular flexibility index (Phi) is 9.04. The van der Waals surface area contributed by atoms with Crippen LogP contribution < -0.4 is 15.8 Å². The zero-order valence-corrected chi connectivity index (χ0v) is 15.1. The lowest BCUT2D eigenvalue weighted by atomic mass is 10.2. The van der Waals surface area contributed by atoms with E-state index in [1.54, 1.807) is 12.1 Å². The minimum absolute atomic E-state index is 0. The lowest BCUT2D eigenvalue weighted by Crippen LogP contribution is -2.35. The first kappa shape index (κ1) is 19.2. The molecule has 124 valence electrons. The van der Waals surface area contributed by atoms with E-state index >= 15 is 0 Å². The summed E-state index contributed by atoms with van der Waals surface area (Å²) in [6.07, 6.45) is 0.850. The molecule has 2 aromatic carbocycles. The predicted octanol–water partition coefficient (Wildman–Crippen LogP) is 2.97. The Hall–Kier alpha value is -1.83. The van der Waals surface area contributed by atoms with Crippen molar-refractivity contribution in [2.45, 2.75) is 6.42 Å². The predicted molar refractivity (Wildman–Crippen MR) is 102 cm³/mol. The van der Waals surface area contributed by atoms with Gasteiger partial charge in [-0.3, -0.25) is 4.99 Å². The summed E-state index contributed by atoms with van der Waals surface area (Å²) in [5, 5.41) is 2.96. The number of halogens is 2. The van der Waals surface area contributed by atoms with Crippen LogP contribution in [0.3, 0.4) is 0 Å². The molecule has 0 aliphatic carbocycles. The molecule has 0 aliphatic rings. The zero-order valence-electron chi connectivity index (χ0n) is 12.7. The topological polar surface area (TPSA) is 59.6 Å². The maximum absolute atomic E-state index is 12.9. The van der Waals surface area contributed by atoms with Crippen LogP contribution in [0.25, 0.3) is 0 Å². The molecule has 0 bridgehead atoms. The largest absolute Gasteiger partial charge is 0.492 e. The molecular weight excluding hydrogens is 408 g/mol. The van der Waals surface area contributed by atoms with Crippen LogP contribution in [-0.4, -0.2) is 25.7 Å². The van der Waals surface area contributed by atoms with Crippen molar-refractivity contribution in [1.29, 1.82) is 0 Å². The standard InChI is InChI=1S/C17H20FN3O.HI/c18-15-7-4-8-16(13-15)22-12-11-21-17(19)20-10-9-14-5-2-1-3-6-14;/h1-8,13H,9-12H2,(H3,19,20,21);1H. The number of hydrogen-bond acceptors (Lipinski definition) is 2. The Bertz CT molecular complexity index is 608. The molecule has 6 heteroatoms. The van der Waals surface area contributed by atoms with Gasteiger partial charge in [-0.2, -0.15) is 0 Å². The smallest absolute Gasteiger partial charge is 0.188 e. The summed E-state index contributed by atoms with van der Waals surface area (Å²) in [7, 11) is 0. The van der Waals surface area contributed by atoms with Crippen molar-refractivity contribution in [3.05, 3.63) is 66.0 Å². The number of hydrogen-bond donors (Lipinski definition) is 2. The van der Waals surface area contributed by atoms with Crippen molar-refractivity contribution in [2.75, 3.05) is 19.7 Å². The molecule has 2 aromatic rings. The maximum Gasteiger partial charge on any atom is 0.188 e. The van der Waals surface area contributed by atoms with E-state index in [-0.39, 0.29) is 29.8 Å². The molecule has 3 N–H and O–H groups in total. The summed E-state index contributed by atoms with van der Waals surface area (Å²) < 4.78 is 18.3. The van der Waals surface area contributed by atoms with Crippen LogP contribution in [0.1, 0.15) is 5.56 Å². The molecule has 4 nitrogen and oxygen atoms in total. The molecule has 0 amide bonds. The van der Waals surface area contributed by atoms with Gasteiger partial charge < -0.3 is 15.8 Å². The Morgan fingerprint density at radius 1 is 1.13 bits per heavy atom. The van der Waals surface area contributed by atoms with Gasteiger partial charge in [0.25, 0.3) is 0 Å². The summed E-state index contributed by atoms with van der Waals surface area (Å²) in [5.41, 5.74) is 6.99. The number of nitrogens with one attached hydrogen (secondary N) is 1. The van der Waals surface area contributed by atoms with E-state index in [0.717, 1.165) is 6.42 Å². The summed E-state index contributed by atoms with van der Waals surface area (Å²) in [6.45, 7) is 1.53. The number of rotatable bonds is 7. The van der Waals surface area contributed by atoms with E-state index in [9.17, 15) is 4.39 Å². The number of benzene rings is 2. The van der Waals surface area contributed by atoms with Crippen molar-refractivity contribution >= 4 is 29.9 Å². The Morgan fingerprint density at radius 2 is 1.91 bits per heavy atom. The van der Waals surface area contributed by atoms with E-state index < -0.39 is 0 Å². The van der Waals surface area contributed by atoms with Gasteiger partial charge in [0.2, 0.25) is 0 Å². The summed E-state index contributed by atoms with van der Waals surface area (Å²) >= 11 is 0. The molecular formula is C17H21FIN3O. The van der Waals surface area contributed by atoms with Crippen LogP contribution in [0.4, 0.5) is 4.39 Å². The highest BCUT2D eigenvalue weighted by atomic mass is 127. The van der Waals surface area contributed by atoms with Crippen LogP contribution in [0, 0.1) is 5.82 Å². The maximum atomic E-state index is 12.9. The Morgan fingerprint density at radius 3 is 2.65 bits per heavy atom. The fourth-order valence-corrected chi connectivity index (χ4v) is 1.91. The number of nitrogens with zero attached hydrogens (tertiary/aromatic N) is 1. The second kappa shape index (κ2) is 10.8. The fraction of sp³-hybridized carbons (Fsp3) is 0.235. The number of nitrogens with two attached hydrogens (primary N) is 1. The summed E-state index contributed by atoms with van der Waals surface area (Å²) in [4.78, 5) is 4.25. The highest BCUT2D eigenvalue weighted by Crippen LogP contribution is 2.11. The molecule has 0 saturated heterocycles. The molecule has 0 unspecified atom stereocenters. The molecule has 23 heavy (non-hydrogen) atoms. The van der Waals surface area contributed by atoms with Crippen molar-refractivity contribution in [2.24, 2.45) is 10.7 Å². The molecule has 0 fully saturated rings. The van der Waals surface area contributed by atoms with Crippen molar-refractivity contribution in [1.82, 2.24) is 5.32 Å². The average Bonchev–Trinajstić information content (AvgIpc) is 2.53. The SMILES string of the molecule is I.NC(=NCCc1ccccc1)NCCOc1cccc(F)c1. The van der Waals surface area contributed by atoms with Gasteiger partial charge in [0, 0.05) is 12.6 Å². The lowest BCUT2D eigenvalue weighted by Gasteiger charge is -2.08. The minimum Gasteiger partial charge on any atom is -0.492 e. The monoisotopic (exact) mass is 429 g/mol. The molecule has 0 aliphatic heterocycles. The van der Waals surface area contributed by atoms with E-state index in [1.807, 2.05) is 18.2 Å². The Balaban J connectivity index is 0.00000264. The van der Waals surface area contributed by atoms with Crippen LogP contribution in [0.5, 0.6) is 5.75 Å². The van der Waals surface area contributed by atoms with Crippen LogP contribution in [0.2, 0.25) is 0 Å². The van der Waals surface area contributed by atoms with E-state index in [2.05, 4.69) is 22.4 Å². The third-order valence-corrected chi connectivity index (χ3v) is 3.00. The molecule has 0 atom stereocenters. The third-order valence-electron chi connectivity index (χ3n) is 3.00. The summed E-state index contributed by atoms with van der Waals surface area (Å²) in [5.74, 6) is 0.576. The first-order valence-electron chi connectivity index (χ1n) is 7.20. The van der Waals surface area contributed by atoms with Gasteiger partial charge in [-0.05, 0) is 24.1 Å². The molecule has 0 radical (unpaired) electrons. The molecule has 0 heterocycles. The normalized spacial score (nSPS) is 10.7. The van der Waals surface area contributed by atoms with Crippen molar-refractivity contribution in [3.8, 4) is 5.75 Å². The molecule has 0 spiro atoms. The lowest BCUT2D eigenvalue weighted by molar-refractivity contribution is 0.320. The quantitative estimate of drug-likeness (QED) is 0.308. The number of guanidine groups is 1. The highest BCUT2D eigenvalue weighted by Gasteiger charge is 1.97. The fourth-order valence-electron chi connectivity index (χ4n) is 1.91. The average molecular weight is 429 g/mol. The second-order valence-electron chi connectivity index (χ2n) is 4.74. The van der Waals surface area contributed by atoms with Gasteiger partial charge in [-0.25, -0.2) is 4.39 Å². The van der Waals surface area contributed by atoms with Gasteiger partial charge >= 0.3 is 0 Å². The summed E-state index contributed by atoms with van der Waals surface area (Å²) in [6, 6.07) is 16.2. The number of ether oxygens (including phenoxy) is 1. The molecule has 2 rings (SSSR count). The molecule has 0 aromatic heterocycles. The molecule has 0 saturated carbocycles. The first-order valence-corrected chi connectivity index (χ1v) is 7.20. The minimum atomic E-state index is -0.313. The third kappa shape index (κ3) is 7.83. The van der Waals surface area contributed by atoms with Crippen molar-refractivity contribution < 1.29 is 9.13 Å². The van der Waals surface area contributed by atoms with E-state index in [4.69, 9.17) is 10.5 Å². The second-order valence-corrected chi connectivity index (χ2v) is 4.74. The van der Waals surface area contributed by atoms with Crippen LogP contribution >= 0.6 is 24.0 Å². The number of aliphatic imine (C=N–C) groups is 1. The Labute approximate surface area is 153 Å². The van der Waals surface area contributed by atoms with Crippen LogP contribution in [0.15, 0.2) is 59.6 Å².